The van der Waals surface area contributed by atoms with E-state index >= 15 is 0 Å². The van der Waals surface area contributed by atoms with Crippen LogP contribution < -0.4 is 14.8 Å². The van der Waals surface area contributed by atoms with E-state index in [2.05, 4.69) is 21.2 Å². The second kappa shape index (κ2) is 11.6. The van der Waals surface area contributed by atoms with Gasteiger partial charge in [-0.1, -0.05) is 41.4 Å². The summed E-state index contributed by atoms with van der Waals surface area (Å²) in [6, 6.07) is 16.0. The van der Waals surface area contributed by atoms with Gasteiger partial charge in [0.15, 0.2) is 11.5 Å². The van der Waals surface area contributed by atoms with Gasteiger partial charge in [-0.2, -0.15) is 0 Å². The number of rotatable bonds is 10. The highest BCUT2D eigenvalue weighted by Gasteiger charge is 2.15. The molecule has 0 heterocycles. The molecule has 0 bridgehead atoms. The van der Waals surface area contributed by atoms with Gasteiger partial charge in [0, 0.05) is 28.7 Å². The molecule has 2 N–H and O–H groups in total. The zero-order valence-corrected chi connectivity index (χ0v) is 20.4. The predicted molar refractivity (Wildman–Crippen MR) is 130 cm³/mol. The first-order chi connectivity index (χ1) is 15.4. The minimum absolute atomic E-state index is 0.209. The number of ether oxygens (including phenoxy) is 2. The average molecular weight is 539 g/mol. The summed E-state index contributed by atoms with van der Waals surface area (Å²) in [5, 5.41) is 13.4. The monoisotopic (exact) mass is 537 g/mol. The zero-order valence-electron chi connectivity index (χ0n) is 17.3. The Bertz CT molecular complexity index is 1070. The van der Waals surface area contributed by atoms with Gasteiger partial charge in [-0.05, 0) is 70.4 Å². The first-order valence-corrected chi connectivity index (χ1v) is 11.5. The summed E-state index contributed by atoms with van der Waals surface area (Å²) in [6.45, 7) is 3.80. The van der Waals surface area contributed by atoms with Crippen molar-refractivity contribution < 1.29 is 19.4 Å². The Morgan fingerprint density at radius 1 is 1.00 bits per heavy atom. The molecule has 0 saturated carbocycles. The fourth-order valence-corrected chi connectivity index (χ4v) is 4.17. The predicted octanol–water partition coefficient (Wildman–Crippen LogP) is 6.72. The van der Waals surface area contributed by atoms with E-state index < -0.39 is 5.97 Å². The fraction of sp³-hybridized carbons (Fsp3) is 0.208. The second-order valence-corrected chi connectivity index (χ2v) is 8.60. The summed E-state index contributed by atoms with van der Waals surface area (Å²) in [5.41, 5.74) is 2.99. The molecule has 3 rings (SSSR count). The van der Waals surface area contributed by atoms with E-state index in [1.165, 1.54) is 0 Å². The molecule has 0 spiro atoms. The number of aromatic carboxylic acids is 1. The largest absolute Gasteiger partial charge is 0.490 e. The molecule has 0 aliphatic heterocycles. The first kappa shape index (κ1) is 24.4. The number of carboxylic acid groups (broad SMARTS) is 1. The van der Waals surface area contributed by atoms with Gasteiger partial charge in [-0.3, -0.25) is 0 Å². The van der Waals surface area contributed by atoms with Crippen LogP contribution in [-0.2, 0) is 19.7 Å². The molecule has 3 aromatic carbocycles. The van der Waals surface area contributed by atoms with E-state index in [-0.39, 0.29) is 12.2 Å². The normalized spacial score (nSPS) is 10.8. The quantitative estimate of drug-likeness (QED) is 0.300. The number of hydrogen-bond acceptors (Lipinski definition) is 4. The maximum absolute atomic E-state index is 11.0. The zero-order chi connectivity index (χ0) is 23.1. The molecule has 3 aromatic rings. The Labute approximate surface area is 205 Å². The third kappa shape index (κ3) is 6.39. The van der Waals surface area contributed by atoms with Gasteiger partial charge in [0.05, 0.1) is 16.6 Å². The second-order valence-electron chi connectivity index (χ2n) is 6.93. The van der Waals surface area contributed by atoms with Crippen LogP contribution in [0.3, 0.4) is 0 Å². The van der Waals surface area contributed by atoms with E-state index in [4.69, 9.17) is 37.8 Å². The Morgan fingerprint density at radius 2 is 1.66 bits per heavy atom. The van der Waals surface area contributed by atoms with E-state index in [1.54, 1.807) is 42.5 Å². The molecule has 0 fully saturated rings. The lowest BCUT2D eigenvalue weighted by Crippen LogP contribution is -2.13. The number of nitrogens with one attached hydrogen (secondary N) is 1. The smallest absolute Gasteiger partial charge is 0.335 e. The van der Waals surface area contributed by atoms with Crippen molar-refractivity contribution in [3.05, 3.63) is 91.4 Å². The number of carboxylic acids is 1. The summed E-state index contributed by atoms with van der Waals surface area (Å²) in [5.74, 6) is 0.264. The van der Waals surface area contributed by atoms with Gasteiger partial charge in [-0.15, -0.1) is 0 Å². The van der Waals surface area contributed by atoms with Crippen LogP contribution in [-0.4, -0.2) is 17.7 Å². The Hall–Kier alpha value is -2.25. The minimum atomic E-state index is -0.933. The van der Waals surface area contributed by atoms with Crippen LogP contribution >= 0.6 is 39.1 Å². The summed E-state index contributed by atoms with van der Waals surface area (Å²) >= 11 is 16.1. The number of benzene rings is 3. The molecule has 168 valence electrons. The topological polar surface area (TPSA) is 67.8 Å². The van der Waals surface area contributed by atoms with Crippen molar-refractivity contribution >= 4 is 45.1 Å². The van der Waals surface area contributed by atoms with Crippen molar-refractivity contribution in [1.82, 2.24) is 5.32 Å². The van der Waals surface area contributed by atoms with Gasteiger partial charge in [-0.25, -0.2) is 4.79 Å². The van der Waals surface area contributed by atoms with Crippen LogP contribution in [0.5, 0.6) is 11.5 Å². The molecule has 0 atom stereocenters. The van der Waals surface area contributed by atoms with Crippen LogP contribution in [0.2, 0.25) is 10.0 Å². The Morgan fingerprint density at radius 3 is 2.28 bits per heavy atom. The molecular weight excluding hydrogens is 517 g/mol. The van der Waals surface area contributed by atoms with Crippen molar-refractivity contribution in [3.63, 3.8) is 0 Å². The molecule has 0 unspecified atom stereocenters. The van der Waals surface area contributed by atoms with E-state index in [0.29, 0.717) is 46.8 Å². The van der Waals surface area contributed by atoms with E-state index in [0.717, 1.165) is 15.6 Å². The average Bonchev–Trinajstić information content (AvgIpc) is 2.75. The van der Waals surface area contributed by atoms with Crippen LogP contribution in [0.25, 0.3) is 0 Å². The van der Waals surface area contributed by atoms with Gasteiger partial charge in [0.1, 0.15) is 6.61 Å². The van der Waals surface area contributed by atoms with Gasteiger partial charge in [0.25, 0.3) is 0 Å². The van der Waals surface area contributed by atoms with Crippen molar-refractivity contribution in [2.75, 3.05) is 6.61 Å². The summed E-state index contributed by atoms with van der Waals surface area (Å²) in [4.78, 5) is 11.0. The Balaban J connectivity index is 1.68. The van der Waals surface area contributed by atoms with Crippen LogP contribution in [0.4, 0.5) is 0 Å². The lowest BCUT2D eigenvalue weighted by molar-refractivity contribution is 0.0697. The lowest BCUT2D eigenvalue weighted by Gasteiger charge is -2.17. The third-order valence-electron chi connectivity index (χ3n) is 4.65. The highest BCUT2D eigenvalue weighted by Crippen LogP contribution is 2.38. The standard InChI is InChI=1S/C24H22BrCl2NO4/c1-2-31-22-11-16(13-28-12-15-6-8-17(9-7-15)24(29)30)10-19(25)23(22)32-14-18-20(26)4-3-5-21(18)27/h3-11,28H,2,12-14H2,1H3,(H,29,30). The molecule has 32 heavy (non-hydrogen) atoms. The molecule has 0 radical (unpaired) electrons. The summed E-state index contributed by atoms with van der Waals surface area (Å²) in [7, 11) is 0. The maximum Gasteiger partial charge on any atom is 0.335 e. The molecular formula is C24H22BrCl2NO4. The SMILES string of the molecule is CCOc1cc(CNCc2ccc(C(=O)O)cc2)cc(Br)c1OCc1c(Cl)cccc1Cl. The van der Waals surface area contributed by atoms with E-state index in [1.807, 2.05) is 19.1 Å². The van der Waals surface area contributed by atoms with Crippen molar-refractivity contribution in [1.29, 1.82) is 0 Å². The van der Waals surface area contributed by atoms with Gasteiger partial charge in [0.2, 0.25) is 0 Å². The number of halogens is 3. The fourth-order valence-electron chi connectivity index (χ4n) is 3.06. The molecule has 5 nitrogen and oxygen atoms in total. The minimum Gasteiger partial charge on any atom is -0.490 e. The number of carbonyl (C=O) groups is 1. The van der Waals surface area contributed by atoms with Gasteiger partial charge < -0.3 is 19.9 Å². The highest BCUT2D eigenvalue weighted by atomic mass is 79.9. The highest BCUT2D eigenvalue weighted by molar-refractivity contribution is 9.10. The molecule has 0 aliphatic carbocycles. The summed E-state index contributed by atoms with van der Waals surface area (Å²) < 4.78 is 12.6. The van der Waals surface area contributed by atoms with Gasteiger partial charge >= 0.3 is 5.97 Å². The van der Waals surface area contributed by atoms with Crippen LogP contribution in [0, 0.1) is 0 Å². The number of hydrogen-bond donors (Lipinski definition) is 2. The van der Waals surface area contributed by atoms with Crippen molar-refractivity contribution in [2.24, 2.45) is 0 Å². The van der Waals surface area contributed by atoms with Crippen LogP contribution in [0.15, 0.2) is 59.1 Å². The first-order valence-electron chi connectivity index (χ1n) is 9.93. The third-order valence-corrected chi connectivity index (χ3v) is 5.95. The molecule has 0 amide bonds. The molecule has 0 aliphatic rings. The molecule has 0 saturated heterocycles. The summed E-state index contributed by atoms with van der Waals surface area (Å²) in [6.07, 6.45) is 0. The Kier molecular flexibility index (Phi) is 8.82. The molecule has 0 aromatic heterocycles. The van der Waals surface area contributed by atoms with E-state index in [9.17, 15) is 4.79 Å². The molecule has 8 heteroatoms. The lowest BCUT2D eigenvalue weighted by atomic mass is 10.1. The van der Waals surface area contributed by atoms with Crippen molar-refractivity contribution in [2.45, 2.75) is 26.6 Å². The van der Waals surface area contributed by atoms with Crippen molar-refractivity contribution in [3.8, 4) is 11.5 Å². The van der Waals surface area contributed by atoms with Crippen LogP contribution in [0.1, 0.15) is 34.0 Å². The maximum atomic E-state index is 11.0.